The first-order chi connectivity index (χ1) is 12.2. The van der Waals surface area contributed by atoms with Gasteiger partial charge in [0.15, 0.2) is 0 Å². The van der Waals surface area contributed by atoms with E-state index in [0.717, 1.165) is 48.3 Å². The summed E-state index contributed by atoms with van der Waals surface area (Å²) in [6.07, 6.45) is 3.14. The fourth-order valence-electron chi connectivity index (χ4n) is 3.63. The summed E-state index contributed by atoms with van der Waals surface area (Å²) in [7, 11) is 0. The molecule has 128 valence electrons. The topological polar surface area (TPSA) is 64.0 Å². The molecule has 0 saturated carbocycles. The van der Waals surface area contributed by atoms with E-state index >= 15 is 0 Å². The van der Waals surface area contributed by atoms with Gasteiger partial charge in [0.05, 0.1) is 5.52 Å². The van der Waals surface area contributed by atoms with Crippen molar-refractivity contribution in [3.05, 3.63) is 59.5 Å². The smallest absolute Gasteiger partial charge is 0.125 e. The van der Waals surface area contributed by atoms with Gasteiger partial charge < -0.3 is 20.4 Å². The maximum atomic E-state index is 13.9. The van der Waals surface area contributed by atoms with Crippen LogP contribution in [-0.4, -0.2) is 24.0 Å². The molecule has 0 unspecified atom stereocenters. The molecule has 4 nitrogen and oxygen atoms in total. The van der Waals surface area contributed by atoms with Gasteiger partial charge in [0.25, 0.3) is 0 Å². The van der Waals surface area contributed by atoms with Crippen LogP contribution in [0.4, 0.5) is 10.1 Å². The molecule has 2 heterocycles. The number of anilines is 1. The molecule has 25 heavy (non-hydrogen) atoms. The fraction of sp³-hybridized carbons (Fsp3) is 0.250. The number of nitrogens with zero attached hydrogens (tertiary/aromatic N) is 1. The highest BCUT2D eigenvalue weighted by Crippen LogP contribution is 2.35. The van der Waals surface area contributed by atoms with Crippen molar-refractivity contribution in [3.8, 4) is 5.69 Å². The number of fused-ring (bicyclic) bond motifs is 1. The number of nitrogen functional groups attached to an aromatic ring is 1. The van der Waals surface area contributed by atoms with Crippen LogP contribution in [0.1, 0.15) is 30.0 Å². The molecule has 1 fully saturated rings. The summed E-state index contributed by atoms with van der Waals surface area (Å²) < 4.78 is 21.4. The van der Waals surface area contributed by atoms with Crippen LogP contribution in [0, 0.1) is 11.2 Å². The van der Waals surface area contributed by atoms with E-state index in [1.165, 1.54) is 12.3 Å². The number of hydrogen-bond acceptors (Lipinski definition) is 3. The molecule has 5 heteroatoms. The lowest BCUT2D eigenvalue weighted by Crippen LogP contribution is -2.16. The van der Waals surface area contributed by atoms with Crippen LogP contribution in [0.25, 0.3) is 16.6 Å². The Kier molecular flexibility index (Phi) is 4.01. The highest BCUT2D eigenvalue weighted by atomic mass is 19.1. The van der Waals surface area contributed by atoms with Crippen LogP contribution >= 0.6 is 0 Å². The second-order valence-electron chi connectivity index (χ2n) is 6.46. The molecule has 3 aromatic rings. The van der Waals surface area contributed by atoms with Crippen molar-refractivity contribution in [1.82, 2.24) is 4.57 Å². The minimum Gasteiger partial charge on any atom is -0.398 e. The van der Waals surface area contributed by atoms with Crippen LogP contribution in [0.3, 0.4) is 0 Å². The zero-order valence-electron chi connectivity index (χ0n) is 13.8. The number of hydrogen-bond donors (Lipinski definition) is 2. The summed E-state index contributed by atoms with van der Waals surface area (Å²) in [5.74, 6) is 0.0917. The van der Waals surface area contributed by atoms with Gasteiger partial charge in [-0.15, -0.1) is 0 Å². The number of benzene rings is 2. The third-order valence-corrected chi connectivity index (χ3v) is 4.90. The third-order valence-electron chi connectivity index (χ3n) is 4.90. The predicted octanol–water partition coefficient (Wildman–Crippen LogP) is 4.24. The quantitative estimate of drug-likeness (QED) is 0.554. The molecule has 1 aliphatic heterocycles. The van der Waals surface area contributed by atoms with Gasteiger partial charge in [-0.25, -0.2) is 4.39 Å². The molecule has 4 rings (SSSR count). The van der Waals surface area contributed by atoms with E-state index in [4.69, 9.17) is 15.9 Å². The van der Waals surface area contributed by atoms with Crippen molar-refractivity contribution in [2.45, 2.75) is 18.8 Å². The molecule has 0 amide bonds. The zero-order valence-corrected chi connectivity index (χ0v) is 13.8. The Morgan fingerprint density at radius 3 is 2.68 bits per heavy atom. The second-order valence-corrected chi connectivity index (χ2v) is 6.46. The third kappa shape index (κ3) is 2.81. The molecule has 0 aliphatic carbocycles. The van der Waals surface area contributed by atoms with Crippen LogP contribution in [0.5, 0.6) is 0 Å². The van der Waals surface area contributed by atoms with E-state index in [0.29, 0.717) is 17.2 Å². The minimum absolute atomic E-state index is 0.264. The van der Waals surface area contributed by atoms with Gasteiger partial charge >= 0.3 is 0 Å². The van der Waals surface area contributed by atoms with Crippen LogP contribution in [0.15, 0.2) is 42.5 Å². The number of rotatable bonds is 3. The normalized spacial score (nSPS) is 15.6. The van der Waals surface area contributed by atoms with Crippen molar-refractivity contribution in [2.75, 3.05) is 18.9 Å². The second kappa shape index (κ2) is 6.33. The van der Waals surface area contributed by atoms with Gasteiger partial charge in [-0.1, -0.05) is 6.07 Å². The summed E-state index contributed by atoms with van der Waals surface area (Å²) in [5.41, 5.74) is 10.2. The van der Waals surface area contributed by atoms with Gasteiger partial charge in [0, 0.05) is 53.4 Å². The molecule has 1 aromatic heterocycles. The van der Waals surface area contributed by atoms with Crippen molar-refractivity contribution < 1.29 is 9.13 Å². The molecular weight excluding hydrogens is 317 g/mol. The van der Waals surface area contributed by atoms with Crippen LogP contribution in [-0.2, 0) is 4.74 Å². The Hall–Kier alpha value is -2.66. The highest BCUT2D eigenvalue weighted by Gasteiger charge is 2.22. The predicted molar refractivity (Wildman–Crippen MR) is 98.3 cm³/mol. The first-order valence-electron chi connectivity index (χ1n) is 8.46. The van der Waals surface area contributed by atoms with Gasteiger partial charge in [-0.3, -0.25) is 0 Å². The fourth-order valence-corrected chi connectivity index (χ4v) is 3.63. The summed E-state index contributed by atoms with van der Waals surface area (Å²) in [4.78, 5) is 0. The number of ether oxygens (including phenoxy) is 1. The van der Waals surface area contributed by atoms with Crippen molar-refractivity contribution in [1.29, 1.82) is 5.41 Å². The zero-order chi connectivity index (χ0) is 17.4. The molecular formula is C20H20FN3O. The molecule has 0 atom stereocenters. The number of nitrogens with one attached hydrogen (secondary N) is 1. The number of halogens is 1. The average molecular weight is 337 g/mol. The lowest BCUT2D eigenvalue weighted by Gasteiger charge is -2.24. The van der Waals surface area contributed by atoms with E-state index in [-0.39, 0.29) is 5.82 Å². The maximum absolute atomic E-state index is 13.9. The monoisotopic (exact) mass is 337 g/mol. The van der Waals surface area contributed by atoms with Crippen molar-refractivity contribution in [3.63, 3.8) is 0 Å². The first kappa shape index (κ1) is 15.8. The standard InChI is InChI=1S/C20H20FN3O/c21-16-2-1-3-17(11-16)24-19(13-4-6-25-7-5-13)9-14-8-18(23)15(12-22)10-20(14)24/h1-3,8-13,22H,4-7,23H2. The summed E-state index contributed by atoms with van der Waals surface area (Å²) >= 11 is 0. The van der Waals surface area contributed by atoms with Crippen LogP contribution in [0.2, 0.25) is 0 Å². The van der Waals surface area contributed by atoms with E-state index in [2.05, 4.69) is 10.6 Å². The van der Waals surface area contributed by atoms with E-state index in [1.807, 2.05) is 18.2 Å². The van der Waals surface area contributed by atoms with E-state index < -0.39 is 0 Å². The minimum atomic E-state index is -0.264. The average Bonchev–Trinajstić information content (AvgIpc) is 3.00. The highest BCUT2D eigenvalue weighted by molar-refractivity contribution is 5.95. The molecule has 0 spiro atoms. The molecule has 0 bridgehead atoms. The lowest BCUT2D eigenvalue weighted by molar-refractivity contribution is 0.0842. The van der Waals surface area contributed by atoms with Crippen molar-refractivity contribution >= 4 is 22.8 Å². The van der Waals surface area contributed by atoms with E-state index in [9.17, 15) is 4.39 Å². The van der Waals surface area contributed by atoms with Gasteiger partial charge in [0.2, 0.25) is 0 Å². The Labute approximate surface area is 145 Å². The van der Waals surface area contributed by atoms with Crippen molar-refractivity contribution in [2.24, 2.45) is 0 Å². The lowest BCUT2D eigenvalue weighted by atomic mass is 9.96. The first-order valence-corrected chi connectivity index (χ1v) is 8.46. The Morgan fingerprint density at radius 2 is 1.96 bits per heavy atom. The summed E-state index contributed by atoms with van der Waals surface area (Å²) in [6, 6.07) is 12.6. The van der Waals surface area contributed by atoms with Crippen LogP contribution < -0.4 is 5.73 Å². The van der Waals surface area contributed by atoms with Gasteiger partial charge in [-0.05, 0) is 49.2 Å². The molecule has 1 aliphatic rings. The van der Waals surface area contributed by atoms with Gasteiger partial charge in [0.1, 0.15) is 5.82 Å². The maximum Gasteiger partial charge on any atom is 0.125 e. The Balaban J connectivity index is 1.99. The Morgan fingerprint density at radius 1 is 1.16 bits per heavy atom. The molecule has 1 saturated heterocycles. The van der Waals surface area contributed by atoms with Gasteiger partial charge in [-0.2, -0.15) is 0 Å². The number of nitrogens with two attached hydrogens (primary N) is 1. The Bertz CT molecular complexity index is 942. The molecule has 0 radical (unpaired) electrons. The summed E-state index contributed by atoms with van der Waals surface area (Å²) in [5, 5.41) is 8.59. The number of aromatic nitrogens is 1. The van der Waals surface area contributed by atoms with E-state index in [1.54, 1.807) is 12.1 Å². The largest absolute Gasteiger partial charge is 0.398 e. The SMILES string of the molecule is N=Cc1cc2c(cc1N)cc(C1CCOCC1)n2-c1cccc(F)c1. The molecule has 3 N–H and O–H groups in total. The summed E-state index contributed by atoms with van der Waals surface area (Å²) in [6.45, 7) is 1.48. The molecule has 2 aromatic carbocycles.